The van der Waals surface area contributed by atoms with Crippen LogP contribution in [-0.2, 0) is 6.54 Å². The van der Waals surface area contributed by atoms with Crippen LogP contribution in [0.2, 0.25) is 5.02 Å². The highest BCUT2D eigenvalue weighted by Crippen LogP contribution is 2.40. The number of anilines is 2. The second-order valence-electron chi connectivity index (χ2n) is 7.42. The van der Waals surface area contributed by atoms with Gasteiger partial charge >= 0.3 is 0 Å². The number of rotatable bonds is 3. The van der Waals surface area contributed by atoms with E-state index in [4.69, 9.17) is 21.3 Å². The molecular weight excluding hydrogens is 372 g/mol. The zero-order valence-electron chi connectivity index (χ0n) is 15.9. The van der Waals surface area contributed by atoms with E-state index < -0.39 is 0 Å². The van der Waals surface area contributed by atoms with Gasteiger partial charge in [0.2, 0.25) is 0 Å². The third-order valence-electron chi connectivity index (χ3n) is 5.75. The lowest BCUT2D eigenvalue weighted by Crippen LogP contribution is -2.48. The minimum atomic E-state index is 0.456. The summed E-state index contributed by atoms with van der Waals surface area (Å²) in [6.45, 7) is 3.69. The number of para-hydroxylation sites is 1. The highest BCUT2D eigenvalue weighted by atomic mass is 35.5. The number of nitrogens with one attached hydrogen (secondary N) is 1. The molecule has 5 rings (SSSR count). The highest BCUT2D eigenvalue weighted by Gasteiger charge is 2.32. The van der Waals surface area contributed by atoms with Crippen molar-refractivity contribution in [3.63, 3.8) is 0 Å². The van der Waals surface area contributed by atoms with E-state index in [0.717, 1.165) is 60.1 Å². The molecule has 1 saturated heterocycles. The molecule has 2 aliphatic rings. The van der Waals surface area contributed by atoms with E-state index in [0.29, 0.717) is 6.04 Å². The van der Waals surface area contributed by atoms with Gasteiger partial charge in [0.1, 0.15) is 11.3 Å². The van der Waals surface area contributed by atoms with Gasteiger partial charge in [0.05, 0.1) is 19.5 Å². The first-order valence-electron chi connectivity index (χ1n) is 9.67. The van der Waals surface area contributed by atoms with Gasteiger partial charge in [0.25, 0.3) is 0 Å². The number of hydrogen-bond donors (Lipinski definition) is 1. The Kier molecular flexibility index (Phi) is 4.49. The smallest absolute Gasteiger partial charge is 0.145 e. The Morgan fingerprint density at radius 2 is 2.11 bits per heavy atom. The summed E-state index contributed by atoms with van der Waals surface area (Å²) in [6, 6.07) is 14.7. The van der Waals surface area contributed by atoms with Crippen LogP contribution in [0.4, 0.5) is 11.4 Å². The van der Waals surface area contributed by atoms with Crippen molar-refractivity contribution in [1.29, 1.82) is 0 Å². The van der Waals surface area contributed by atoms with Crippen LogP contribution in [0, 0.1) is 0 Å². The fraction of sp³-hybridized carbons (Fsp3) is 0.318. The summed E-state index contributed by atoms with van der Waals surface area (Å²) >= 11 is 6.26. The van der Waals surface area contributed by atoms with Crippen molar-refractivity contribution in [1.82, 2.24) is 10.3 Å². The second-order valence-corrected chi connectivity index (χ2v) is 7.86. The molecule has 1 N–H and O–H groups in total. The van der Waals surface area contributed by atoms with Gasteiger partial charge in [-0.2, -0.15) is 0 Å². The lowest BCUT2D eigenvalue weighted by Gasteiger charge is -2.43. The van der Waals surface area contributed by atoms with E-state index in [2.05, 4.69) is 33.3 Å². The molecule has 1 aromatic heterocycles. The van der Waals surface area contributed by atoms with Crippen LogP contribution in [0.25, 0.3) is 10.9 Å². The van der Waals surface area contributed by atoms with Crippen molar-refractivity contribution in [2.75, 3.05) is 36.7 Å². The molecule has 5 nitrogen and oxygen atoms in total. The van der Waals surface area contributed by atoms with Gasteiger partial charge in [-0.3, -0.25) is 4.98 Å². The lowest BCUT2D eigenvalue weighted by molar-refractivity contribution is 0.419. The van der Waals surface area contributed by atoms with Gasteiger partial charge in [-0.05, 0) is 37.2 Å². The van der Waals surface area contributed by atoms with Crippen LogP contribution in [0.15, 0.2) is 48.7 Å². The number of methoxy groups -OCH3 is 1. The van der Waals surface area contributed by atoms with E-state index in [1.807, 2.05) is 30.5 Å². The molecule has 0 spiro atoms. The van der Waals surface area contributed by atoms with Crippen LogP contribution >= 0.6 is 11.6 Å². The predicted molar refractivity (Wildman–Crippen MR) is 115 cm³/mol. The van der Waals surface area contributed by atoms with E-state index >= 15 is 0 Å². The predicted octanol–water partition coefficient (Wildman–Crippen LogP) is 4.04. The maximum atomic E-state index is 6.26. The van der Waals surface area contributed by atoms with Crippen molar-refractivity contribution in [3.8, 4) is 5.75 Å². The minimum Gasteiger partial charge on any atom is -0.494 e. The Morgan fingerprint density at radius 1 is 1.21 bits per heavy atom. The summed E-state index contributed by atoms with van der Waals surface area (Å²) < 4.78 is 5.56. The second kappa shape index (κ2) is 7.15. The maximum Gasteiger partial charge on any atom is 0.145 e. The molecule has 2 aromatic carbocycles. The van der Waals surface area contributed by atoms with Crippen LogP contribution in [0.3, 0.4) is 0 Å². The molecular formula is C22H23ClN4O. The van der Waals surface area contributed by atoms with Gasteiger partial charge < -0.3 is 19.9 Å². The fourth-order valence-electron chi connectivity index (χ4n) is 4.40. The van der Waals surface area contributed by atoms with Crippen LogP contribution in [0.5, 0.6) is 5.75 Å². The number of hydrogen-bond acceptors (Lipinski definition) is 5. The highest BCUT2D eigenvalue weighted by molar-refractivity contribution is 6.30. The zero-order chi connectivity index (χ0) is 19.1. The van der Waals surface area contributed by atoms with Crippen LogP contribution < -0.4 is 19.9 Å². The van der Waals surface area contributed by atoms with Gasteiger partial charge in [-0.15, -0.1) is 0 Å². The molecule has 0 amide bonds. The van der Waals surface area contributed by atoms with Gasteiger partial charge in [-0.25, -0.2) is 0 Å². The van der Waals surface area contributed by atoms with E-state index in [-0.39, 0.29) is 0 Å². The molecule has 0 aliphatic carbocycles. The largest absolute Gasteiger partial charge is 0.494 e. The van der Waals surface area contributed by atoms with Crippen LogP contribution in [-0.4, -0.2) is 37.9 Å². The van der Waals surface area contributed by atoms with Gasteiger partial charge in [-0.1, -0.05) is 29.8 Å². The number of pyridine rings is 1. The quantitative estimate of drug-likeness (QED) is 0.726. The molecule has 0 unspecified atom stereocenters. The first-order chi connectivity index (χ1) is 13.7. The van der Waals surface area contributed by atoms with Gasteiger partial charge in [0.15, 0.2) is 0 Å². The molecule has 1 atom stereocenters. The van der Waals surface area contributed by atoms with Crippen molar-refractivity contribution in [2.45, 2.75) is 19.0 Å². The molecule has 0 bridgehead atoms. The number of benzene rings is 2. The molecule has 3 aromatic rings. The Bertz CT molecular complexity index is 1020. The SMILES string of the molecule is COc1cccc2c3c(cnc12)CN(c1cccc(Cl)c1)CN3[C@H]1CCNC1. The zero-order valence-corrected chi connectivity index (χ0v) is 16.6. The summed E-state index contributed by atoms with van der Waals surface area (Å²) in [6.07, 6.45) is 3.14. The maximum absolute atomic E-state index is 6.26. The number of fused-ring (bicyclic) bond motifs is 3. The molecule has 0 saturated carbocycles. The van der Waals surface area contributed by atoms with E-state index in [1.165, 1.54) is 11.3 Å². The van der Waals surface area contributed by atoms with E-state index in [9.17, 15) is 0 Å². The standard InChI is InChI=1S/C22H23ClN4O/c1-28-20-7-3-6-19-21(20)25-11-15-13-26(17-5-2-4-16(23)10-17)14-27(22(15)19)18-8-9-24-12-18/h2-7,10-11,18,24H,8-9,12-14H2,1H3/t18-/m0/s1. The van der Waals surface area contributed by atoms with E-state index in [1.54, 1.807) is 7.11 Å². The monoisotopic (exact) mass is 394 g/mol. The summed E-state index contributed by atoms with van der Waals surface area (Å²) in [5, 5.41) is 5.44. The first-order valence-corrected chi connectivity index (χ1v) is 10.0. The fourth-order valence-corrected chi connectivity index (χ4v) is 4.59. The normalized spacial score (nSPS) is 19.1. The van der Waals surface area contributed by atoms with Crippen molar-refractivity contribution in [3.05, 3.63) is 59.2 Å². The van der Waals surface area contributed by atoms with Crippen molar-refractivity contribution < 1.29 is 4.74 Å². The Balaban J connectivity index is 1.65. The van der Waals surface area contributed by atoms with Gasteiger partial charge in [0, 0.05) is 47.0 Å². The Labute approximate surface area is 169 Å². The number of aromatic nitrogens is 1. The molecule has 3 heterocycles. The Morgan fingerprint density at radius 3 is 2.89 bits per heavy atom. The van der Waals surface area contributed by atoms with Crippen molar-refractivity contribution >= 4 is 33.9 Å². The number of halogens is 1. The summed E-state index contributed by atoms with van der Waals surface area (Å²) in [4.78, 5) is 9.66. The third kappa shape index (κ3) is 2.95. The molecule has 2 aliphatic heterocycles. The first kappa shape index (κ1) is 17.6. The molecule has 1 fully saturated rings. The summed E-state index contributed by atoms with van der Waals surface area (Å²) in [7, 11) is 1.70. The van der Waals surface area contributed by atoms with Crippen molar-refractivity contribution in [2.24, 2.45) is 0 Å². The topological polar surface area (TPSA) is 40.6 Å². The minimum absolute atomic E-state index is 0.456. The number of nitrogens with zero attached hydrogens (tertiary/aromatic N) is 3. The summed E-state index contributed by atoms with van der Waals surface area (Å²) in [5.74, 6) is 0.821. The van der Waals surface area contributed by atoms with Crippen LogP contribution in [0.1, 0.15) is 12.0 Å². The average Bonchev–Trinajstić information content (AvgIpc) is 3.27. The molecule has 6 heteroatoms. The average molecular weight is 395 g/mol. The number of ether oxygens (including phenoxy) is 1. The molecule has 28 heavy (non-hydrogen) atoms. The molecule has 0 radical (unpaired) electrons. The Hall–Kier alpha value is -2.50. The summed E-state index contributed by atoms with van der Waals surface area (Å²) in [5.41, 5.74) is 4.59. The lowest BCUT2D eigenvalue weighted by atomic mass is 10.0. The molecule has 144 valence electrons. The third-order valence-corrected chi connectivity index (χ3v) is 5.98.